The SMILES string of the molecule is OC(c1ccc2c3c(cccc13)C=C2)(C(F)(F)F)C(F)(F)F. The van der Waals surface area contributed by atoms with Crippen LogP contribution >= 0.6 is 0 Å². The molecule has 2 aromatic rings. The van der Waals surface area contributed by atoms with Gasteiger partial charge in [0.05, 0.1) is 0 Å². The van der Waals surface area contributed by atoms with Crippen LogP contribution in [0, 0.1) is 0 Å². The fourth-order valence-corrected chi connectivity index (χ4v) is 2.70. The molecule has 0 bridgehead atoms. The maximum absolute atomic E-state index is 13.0. The molecule has 0 saturated carbocycles. The van der Waals surface area contributed by atoms with Gasteiger partial charge < -0.3 is 5.11 Å². The molecule has 0 aromatic heterocycles. The van der Waals surface area contributed by atoms with Crippen molar-refractivity contribution in [3.05, 3.63) is 47.0 Å². The molecular formula is C15H8F6O. The number of benzene rings is 2. The summed E-state index contributed by atoms with van der Waals surface area (Å²) < 4.78 is 78.3. The lowest BCUT2D eigenvalue weighted by Crippen LogP contribution is -2.54. The fourth-order valence-electron chi connectivity index (χ4n) is 2.70. The first kappa shape index (κ1) is 14.9. The molecule has 3 rings (SSSR count). The van der Waals surface area contributed by atoms with E-state index in [0.717, 1.165) is 12.1 Å². The van der Waals surface area contributed by atoms with Crippen LogP contribution in [0.5, 0.6) is 0 Å². The number of rotatable bonds is 1. The minimum absolute atomic E-state index is 0.267. The van der Waals surface area contributed by atoms with E-state index in [4.69, 9.17) is 0 Å². The molecule has 0 heterocycles. The number of halogens is 6. The number of aliphatic hydroxyl groups is 1. The van der Waals surface area contributed by atoms with Gasteiger partial charge in [0.1, 0.15) is 0 Å². The maximum Gasteiger partial charge on any atom is 0.430 e. The highest BCUT2D eigenvalue weighted by molar-refractivity contribution is 6.06. The van der Waals surface area contributed by atoms with E-state index in [1.54, 1.807) is 18.2 Å². The highest BCUT2D eigenvalue weighted by Crippen LogP contribution is 2.52. The second-order valence-corrected chi connectivity index (χ2v) is 5.01. The molecule has 0 atom stereocenters. The molecule has 0 fully saturated rings. The summed E-state index contributed by atoms with van der Waals surface area (Å²) in [7, 11) is 0. The molecule has 1 aliphatic rings. The van der Waals surface area contributed by atoms with Crippen LogP contribution in [-0.4, -0.2) is 17.5 Å². The number of alkyl halides is 6. The largest absolute Gasteiger partial charge is 0.430 e. The van der Waals surface area contributed by atoms with E-state index in [1.165, 1.54) is 6.07 Å². The molecule has 2 aromatic carbocycles. The second-order valence-electron chi connectivity index (χ2n) is 5.01. The molecule has 1 nitrogen and oxygen atoms in total. The third-order valence-corrected chi connectivity index (χ3v) is 3.76. The van der Waals surface area contributed by atoms with Gasteiger partial charge in [0.25, 0.3) is 5.60 Å². The monoisotopic (exact) mass is 318 g/mol. The first-order valence-electron chi connectivity index (χ1n) is 6.17. The summed E-state index contributed by atoms with van der Waals surface area (Å²) in [6, 6.07) is 5.91. The molecule has 0 spiro atoms. The van der Waals surface area contributed by atoms with Crippen LogP contribution in [0.4, 0.5) is 26.3 Å². The maximum atomic E-state index is 13.0. The van der Waals surface area contributed by atoms with Crippen LogP contribution in [-0.2, 0) is 5.60 Å². The quantitative estimate of drug-likeness (QED) is 0.648. The lowest BCUT2D eigenvalue weighted by Gasteiger charge is -2.33. The third-order valence-electron chi connectivity index (χ3n) is 3.76. The van der Waals surface area contributed by atoms with Gasteiger partial charge in [0.15, 0.2) is 0 Å². The average Bonchev–Trinajstić information content (AvgIpc) is 2.81. The van der Waals surface area contributed by atoms with E-state index in [2.05, 4.69) is 0 Å². The van der Waals surface area contributed by atoms with Crippen molar-refractivity contribution in [2.24, 2.45) is 0 Å². The van der Waals surface area contributed by atoms with Crippen LogP contribution in [0.2, 0.25) is 0 Å². The van der Waals surface area contributed by atoms with Crippen molar-refractivity contribution >= 4 is 22.9 Å². The smallest absolute Gasteiger partial charge is 0.369 e. The van der Waals surface area contributed by atoms with Gasteiger partial charge in [0, 0.05) is 5.56 Å². The molecule has 116 valence electrons. The highest BCUT2D eigenvalue weighted by Gasteiger charge is 2.71. The zero-order valence-electron chi connectivity index (χ0n) is 10.8. The molecule has 7 heteroatoms. The topological polar surface area (TPSA) is 20.2 Å². The van der Waals surface area contributed by atoms with Crippen LogP contribution in [0.25, 0.3) is 22.9 Å². The summed E-state index contributed by atoms with van der Waals surface area (Å²) >= 11 is 0. The first-order chi connectivity index (χ1) is 10.1. The second kappa shape index (κ2) is 4.25. The molecule has 1 N–H and O–H groups in total. The Morgan fingerprint density at radius 3 is 1.82 bits per heavy atom. The van der Waals surface area contributed by atoms with E-state index in [1.807, 2.05) is 0 Å². The van der Waals surface area contributed by atoms with E-state index >= 15 is 0 Å². The summed E-state index contributed by atoms with van der Waals surface area (Å²) in [6.45, 7) is 0. The number of hydrogen-bond acceptors (Lipinski definition) is 1. The Kier molecular flexibility index (Phi) is 2.88. The molecule has 0 unspecified atom stereocenters. The molecule has 0 amide bonds. The van der Waals surface area contributed by atoms with Crippen LogP contribution in [0.3, 0.4) is 0 Å². The third kappa shape index (κ3) is 1.78. The minimum Gasteiger partial charge on any atom is -0.369 e. The van der Waals surface area contributed by atoms with Crippen molar-refractivity contribution in [1.29, 1.82) is 0 Å². The Morgan fingerprint density at radius 2 is 1.27 bits per heavy atom. The van der Waals surface area contributed by atoms with E-state index < -0.39 is 23.5 Å². The molecular weight excluding hydrogens is 310 g/mol. The minimum atomic E-state index is -5.89. The summed E-state index contributed by atoms with van der Waals surface area (Å²) in [6.07, 6.45) is -8.59. The Hall–Kier alpha value is -2.02. The Balaban J connectivity index is 2.40. The molecule has 1 aliphatic carbocycles. The fraction of sp³-hybridized carbons (Fsp3) is 0.200. The van der Waals surface area contributed by atoms with Gasteiger partial charge in [-0.05, 0) is 21.9 Å². The predicted octanol–water partition coefficient (Wildman–Crippen LogP) is 4.64. The highest BCUT2D eigenvalue weighted by atomic mass is 19.4. The van der Waals surface area contributed by atoms with Crippen molar-refractivity contribution in [3.63, 3.8) is 0 Å². The van der Waals surface area contributed by atoms with Crippen LogP contribution < -0.4 is 0 Å². The van der Waals surface area contributed by atoms with E-state index in [9.17, 15) is 31.4 Å². The molecule has 0 radical (unpaired) electrons. The van der Waals surface area contributed by atoms with Gasteiger partial charge in [-0.1, -0.05) is 42.5 Å². The van der Waals surface area contributed by atoms with Crippen LogP contribution in [0.15, 0.2) is 30.3 Å². The number of hydrogen-bond donors (Lipinski definition) is 1. The average molecular weight is 318 g/mol. The van der Waals surface area contributed by atoms with Crippen molar-refractivity contribution in [2.45, 2.75) is 18.0 Å². The van der Waals surface area contributed by atoms with E-state index in [-0.39, 0.29) is 10.8 Å². The van der Waals surface area contributed by atoms with Gasteiger partial charge in [-0.2, -0.15) is 26.3 Å². The summed E-state index contributed by atoms with van der Waals surface area (Å²) in [4.78, 5) is 0. The Bertz CT molecular complexity index is 759. The first-order valence-corrected chi connectivity index (χ1v) is 6.17. The van der Waals surface area contributed by atoms with Crippen LogP contribution in [0.1, 0.15) is 16.7 Å². The van der Waals surface area contributed by atoms with Gasteiger partial charge >= 0.3 is 12.4 Å². The standard InChI is InChI=1S/C15H8F6O/c16-14(17,18)13(22,15(19,20)21)11-7-6-9-5-4-8-2-1-3-10(11)12(8)9/h1-7,22H. The summed E-state index contributed by atoms with van der Waals surface area (Å²) in [5.74, 6) is 0. The van der Waals surface area contributed by atoms with E-state index in [0.29, 0.717) is 17.2 Å². The molecule has 0 saturated heterocycles. The summed E-state index contributed by atoms with van der Waals surface area (Å²) in [5.41, 5.74) is -5.10. The lowest BCUT2D eigenvalue weighted by atomic mass is 9.86. The lowest BCUT2D eigenvalue weighted by molar-refractivity contribution is -0.375. The summed E-state index contributed by atoms with van der Waals surface area (Å²) in [5, 5.41) is 9.59. The van der Waals surface area contributed by atoms with Gasteiger partial charge in [0.2, 0.25) is 0 Å². The molecule has 22 heavy (non-hydrogen) atoms. The zero-order valence-corrected chi connectivity index (χ0v) is 10.8. The normalized spacial score (nSPS) is 14.9. The predicted molar refractivity (Wildman–Crippen MR) is 68.9 cm³/mol. The molecule has 0 aliphatic heterocycles. The van der Waals surface area contributed by atoms with Gasteiger partial charge in [-0.15, -0.1) is 0 Å². The van der Waals surface area contributed by atoms with Crippen molar-refractivity contribution in [2.75, 3.05) is 0 Å². The zero-order chi connectivity index (χ0) is 16.3. The van der Waals surface area contributed by atoms with Gasteiger partial charge in [-0.25, -0.2) is 0 Å². The Labute approximate surface area is 120 Å². The Morgan fingerprint density at radius 1 is 0.727 bits per heavy atom. The van der Waals surface area contributed by atoms with Crippen molar-refractivity contribution in [1.82, 2.24) is 0 Å². The van der Waals surface area contributed by atoms with Crippen molar-refractivity contribution < 1.29 is 31.4 Å². The van der Waals surface area contributed by atoms with Gasteiger partial charge in [-0.3, -0.25) is 0 Å². The van der Waals surface area contributed by atoms with Crippen molar-refractivity contribution in [3.8, 4) is 0 Å².